The molecule has 0 aliphatic heterocycles. The number of nitrogens with zero attached hydrogens (tertiary/aromatic N) is 1. The van der Waals surface area contributed by atoms with Gasteiger partial charge in [0.15, 0.2) is 0 Å². The van der Waals surface area contributed by atoms with Crippen LogP contribution in [-0.4, -0.2) is 50.3 Å². The molecule has 1 amide bonds. The van der Waals surface area contributed by atoms with E-state index in [1.807, 2.05) is 0 Å². The average molecular weight is 318 g/mol. The predicted molar refractivity (Wildman–Crippen MR) is 73.5 cm³/mol. The zero-order valence-corrected chi connectivity index (χ0v) is 13.0. The van der Waals surface area contributed by atoms with E-state index < -0.39 is 27.7 Å². The lowest BCUT2D eigenvalue weighted by molar-refractivity contribution is -0.124. The number of carbonyl (C=O) groups is 2. The van der Waals surface area contributed by atoms with Gasteiger partial charge in [0, 0.05) is 32.6 Å². The smallest absolute Gasteiger partial charge is 0.371 e. The summed E-state index contributed by atoms with van der Waals surface area (Å²) in [6.07, 6.45) is 0. The van der Waals surface area contributed by atoms with E-state index in [0.717, 1.165) is 10.4 Å². The van der Waals surface area contributed by atoms with Gasteiger partial charge < -0.3 is 14.8 Å². The monoisotopic (exact) mass is 318 g/mol. The van der Waals surface area contributed by atoms with Crippen LogP contribution in [0.25, 0.3) is 0 Å². The summed E-state index contributed by atoms with van der Waals surface area (Å²) in [6.45, 7) is 2.93. The van der Waals surface area contributed by atoms with Gasteiger partial charge >= 0.3 is 5.97 Å². The van der Waals surface area contributed by atoms with Crippen molar-refractivity contribution >= 4 is 21.9 Å². The molecule has 0 aliphatic rings. The highest BCUT2D eigenvalue weighted by molar-refractivity contribution is 7.89. The third-order valence-corrected chi connectivity index (χ3v) is 4.93. The lowest BCUT2D eigenvalue weighted by atomic mass is 10.2. The van der Waals surface area contributed by atoms with E-state index in [2.05, 4.69) is 5.32 Å². The Hall–Kier alpha value is -1.87. The molecule has 1 heterocycles. The molecule has 0 saturated carbocycles. The van der Waals surface area contributed by atoms with Gasteiger partial charge in [0.2, 0.25) is 21.7 Å². The predicted octanol–water partition coefficient (Wildman–Crippen LogP) is 0.289. The molecule has 118 valence electrons. The van der Waals surface area contributed by atoms with Crippen LogP contribution in [0.2, 0.25) is 0 Å². The first-order valence-corrected chi connectivity index (χ1v) is 7.57. The summed E-state index contributed by atoms with van der Waals surface area (Å²) < 4.78 is 30.7. The molecule has 21 heavy (non-hydrogen) atoms. The molecule has 2 N–H and O–H groups in total. The molecule has 0 fully saturated rings. The van der Waals surface area contributed by atoms with E-state index in [1.54, 1.807) is 6.92 Å². The van der Waals surface area contributed by atoms with Crippen molar-refractivity contribution in [3.63, 3.8) is 0 Å². The van der Waals surface area contributed by atoms with Crippen molar-refractivity contribution in [2.75, 3.05) is 20.6 Å². The van der Waals surface area contributed by atoms with Gasteiger partial charge in [0.1, 0.15) is 10.7 Å². The van der Waals surface area contributed by atoms with E-state index in [9.17, 15) is 18.0 Å². The number of rotatable bonds is 6. The van der Waals surface area contributed by atoms with Gasteiger partial charge in [-0.25, -0.2) is 17.5 Å². The highest BCUT2D eigenvalue weighted by atomic mass is 32.2. The molecule has 0 saturated heterocycles. The second kappa shape index (κ2) is 6.27. The third-order valence-electron chi connectivity index (χ3n) is 3.00. The molecule has 1 aromatic heterocycles. The van der Waals surface area contributed by atoms with E-state index in [0.29, 0.717) is 0 Å². The van der Waals surface area contributed by atoms with Gasteiger partial charge in [0.05, 0.1) is 0 Å². The number of aromatic carboxylic acids is 1. The SMILES string of the molecule is CNC(=O)C(C)CN(C)S(=O)(=O)c1cc(C(=O)O)oc1C. The highest BCUT2D eigenvalue weighted by Gasteiger charge is 2.29. The molecule has 0 bridgehead atoms. The standard InChI is InChI=1S/C12H18N2O6S/c1-7(11(15)13-3)6-14(4)21(18,19)10-5-9(12(16)17)20-8(10)2/h5,7H,6H2,1-4H3,(H,13,15)(H,16,17). The maximum absolute atomic E-state index is 12.4. The van der Waals surface area contributed by atoms with Gasteiger partial charge in [-0.2, -0.15) is 0 Å². The molecular formula is C12H18N2O6S. The Balaban J connectivity index is 3.05. The van der Waals surface area contributed by atoms with Crippen molar-refractivity contribution in [2.45, 2.75) is 18.7 Å². The third kappa shape index (κ3) is 3.61. The number of carboxylic acids is 1. The number of amides is 1. The number of aryl methyl sites for hydroxylation is 1. The summed E-state index contributed by atoms with van der Waals surface area (Å²) in [6, 6.07) is 0.966. The Morgan fingerprint density at radius 3 is 2.48 bits per heavy atom. The van der Waals surface area contributed by atoms with Gasteiger partial charge in [-0.3, -0.25) is 4.79 Å². The topological polar surface area (TPSA) is 117 Å². The normalized spacial score (nSPS) is 13.2. The van der Waals surface area contributed by atoms with Crippen LogP contribution in [0.15, 0.2) is 15.4 Å². The quantitative estimate of drug-likeness (QED) is 0.778. The molecule has 1 unspecified atom stereocenters. The number of hydrogen-bond acceptors (Lipinski definition) is 5. The van der Waals surface area contributed by atoms with Crippen molar-refractivity contribution in [1.29, 1.82) is 0 Å². The fourth-order valence-corrected chi connectivity index (χ4v) is 3.22. The maximum atomic E-state index is 12.4. The van der Waals surface area contributed by atoms with Crippen molar-refractivity contribution in [3.8, 4) is 0 Å². The Kier molecular flexibility index (Phi) is 5.13. The second-order valence-corrected chi connectivity index (χ2v) is 6.65. The first-order chi connectivity index (χ1) is 9.61. The van der Waals surface area contributed by atoms with Crippen LogP contribution < -0.4 is 5.32 Å². The number of furan rings is 1. The largest absolute Gasteiger partial charge is 0.475 e. The van der Waals surface area contributed by atoms with E-state index in [4.69, 9.17) is 9.52 Å². The van der Waals surface area contributed by atoms with Gasteiger partial charge in [-0.15, -0.1) is 0 Å². The molecule has 1 atom stereocenters. The molecule has 9 heteroatoms. The molecule has 8 nitrogen and oxygen atoms in total. The van der Waals surface area contributed by atoms with Crippen molar-refractivity contribution in [2.24, 2.45) is 5.92 Å². The summed E-state index contributed by atoms with van der Waals surface area (Å²) in [5, 5.41) is 11.3. The summed E-state index contributed by atoms with van der Waals surface area (Å²) in [4.78, 5) is 22.0. The Bertz CT molecular complexity index is 649. The lowest BCUT2D eigenvalue weighted by Gasteiger charge is -2.19. The van der Waals surface area contributed by atoms with E-state index >= 15 is 0 Å². The zero-order valence-electron chi connectivity index (χ0n) is 12.2. The number of carbonyl (C=O) groups excluding carboxylic acids is 1. The fraction of sp³-hybridized carbons (Fsp3) is 0.500. The lowest BCUT2D eigenvalue weighted by Crippen LogP contribution is -2.37. The molecule has 0 aromatic carbocycles. The summed E-state index contributed by atoms with van der Waals surface area (Å²) in [5.74, 6) is -2.63. The fourth-order valence-electron chi connectivity index (χ4n) is 1.81. The van der Waals surface area contributed by atoms with Gasteiger partial charge in [-0.1, -0.05) is 6.92 Å². The van der Waals surface area contributed by atoms with Crippen LogP contribution in [0, 0.1) is 12.8 Å². The average Bonchev–Trinajstić information content (AvgIpc) is 2.80. The number of sulfonamides is 1. The minimum Gasteiger partial charge on any atom is -0.475 e. The van der Waals surface area contributed by atoms with Crippen LogP contribution in [0.4, 0.5) is 0 Å². The first kappa shape index (κ1) is 17.2. The van der Waals surface area contributed by atoms with Crippen LogP contribution in [-0.2, 0) is 14.8 Å². The molecule has 0 spiro atoms. The van der Waals surface area contributed by atoms with Crippen LogP contribution in [0.5, 0.6) is 0 Å². The zero-order chi connectivity index (χ0) is 16.4. The van der Waals surface area contributed by atoms with Gasteiger partial charge in [-0.05, 0) is 6.92 Å². The first-order valence-electron chi connectivity index (χ1n) is 6.13. The Morgan fingerprint density at radius 2 is 2.05 bits per heavy atom. The molecule has 1 aromatic rings. The summed E-state index contributed by atoms with van der Waals surface area (Å²) in [5.41, 5.74) is 0. The van der Waals surface area contributed by atoms with E-state index in [-0.39, 0.29) is 23.1 Å². The molecule has 0 radical (unpaired) electrons. The van der Waals surface area contributed by atoms with Gasteiger partial charge in [0.25, 0.3) is 0 Å². The van der Waals surface area contributed by atoms with Crippen LogP contribution in [0.1, 0.15) is 23.2 Å². The van der Waals surface area contributed by atoms with Crippen molar-refractivity contribution in [1.82, 2.24) is 9.62 Å². The maximum Gasteiger partial charge on any atom is 0.371 e. The number of nitrogens with one attached hydrogen (secondary N) is 1. The minimum absolute atomic E-state index is 0.00755. The van der Waals surface area contributed by atoms with Crippen LogP contribution >= 0.6 is 0 Å². The summed E-state index contributed by atoms with van der Waals surface area (Å²) >= 11 is 0. The second-order valence-electron chi connectivity index (χ2n) is 4.64. The minimum atomic E-state index is -3.92. The molecule has 0 aliphatic carbocycles. The van der Waals surface area contributed by atoms with Crippen LogP contribution in [0.3, 0.4) is 0 Å². The Morgan fingerprint density at radius 1 is 1.48 bits per heavy atom. The highest BCUT2D eigenvalue weighted by Crippen LogP contribution is 2.23. The van der Waals surface area contributed by atoms with Crippen molar-refractivity contribution < 1.29 is 27.5 Å². The summed E-state index contributed by atoms with van der Waals surface area (Å²) in [7, 11) is -1.14. The van der Waals surface area contributed by atoms with Crippen molar-refractivity contribution in [3.05, 3.63) is 17.6 Å². The Labute approximate surface area is 122 Å². The number of carboxylic acid groups (broad SMARTS) is 1. The number of hydrogen-bond donors (Lipinski definition) is 2. The van der Waals surface area contributed by atoms with E-state index in [1.165, 1.54) is 21.0 Å². The molecular weight excluding hydrogens is 300 g/mol. The molecule has 1 rings (SSSR count).